The van der Waals surface area contributed by atoms with Gasteiger partial charge in [-0.15, -0.1) is 30.1 Å². The number of thioether (sulfide) groups is 2. The summed E-state index contributed by atoms with van der Waals surface area (Å²) in [4.78, 5) is 39.8. The van der Waals surface area contributed by atoms with Crippen LogP contribution in [-0.2, 0) is 19.1 Å². The van der Waals surface area contributed by atoms with Crippen LogP contribution in [-0.4, -0.2) is 91.5 Å². The summed E-state index contributed by atoms with van der Waals surface area (Å²) in [5.74, 6) is -0.0541. The molecule has 47 heavy (non-hydrogen) atoms. The van der Waals surface area contributed by atoms with Crippen LogP contribution in [0.25, 0.3) is 0 Å². The molecule has 0 radical (unpaired) electrons. The number of esters is 1. The van der Waals surface area contributed by atoms with Crippen molar-refractivity contribution in [3.8, 4) is 0 Å². The number of rotatable bonds is 9. The molecule has 0 saturated heterocycles. The number of Topliss-reactive ketones (excluding diaryl/α,β-unsaturated/α-hetero) is 1. The maximum atomic E-state index is 13.6. The largest absolute Gasteiger partial charge is 0.461 e. The van der Waals surface area contributed by atoms with Gasteiger partial charge in [-0.2, -0.15) is 0 Å². The summed E-state index contributed by atoms with van der Waals surface area (Å²) in [5.41, 5.74) is 4.38. The normalized spacial score (nSPS) is 46.9. The van der Waals surface area contributed by atoms with Gasteiger partial charge in [-0.1, -0.05) is 33.8 Å². The standard InChI is InChI=1S/C36H58N2O7S2/c1-6-34(4)17-29(35(5)20(2)11-13-36(21(3)33(34)44)14-12-24(39)32(35)36)45-31(43)19-47-28-10-8-23(16-26(28)41)38-30(42)18-46-27-9-7-22(37)15-25(27)40/h6,20-23,25-29,32-33,40-41,44H,1,7-19,37H2,2-5H3,(H,38,42)/t20?,21-,22+,23+,25+,26+,27+,28+,29+,32-,33-,34+,35-,36-/m0/s1. The van der Waals surface area contributed by atoms with Crippen molar-refractivity contribution >= 4 is 41.2 Å². The first-order valence-electron chi connectivity index (χ1n) is 17.8. The van der Waals surface area contributed by atoms with Gasteiger partial charge in [-0.3, -0.25) is 14.4 Å². The Morgan fingerprint density at radius 2 is 1.66 bits per heavy atom. The fourth-order valence-corrected chi connectivity index (χ4v) is 12.2. The van der Waals surface area contributed by atoms with E-state index < -0.39 is 35.2 Å². The molecule has 0 spiro atoms. The van der Waals surface area contributed by atoms with E-state index in [2.05, 4.69) is 32.7 Å². The predicted octanol–water partition coefficient (Wildman–Crippen LogP) is 4.00. The minimum atomic E-state index is -0.705. The molecule has 2 bridgehead atoms. The summed E-state index contributed by atoms with van der Waals surface area (Å²) in [6, 6.07) is -0.111. The number of nitrogens with one attached hydrogen (secondary N) is 1. The summed E-state index contributed by atoms with van der Waals surface area (Å²) in [6.07, 6.45) is 6.88. The highest BCUT2D eigenvalue weighted by molar-refractivity contribution is 8.00. The van der Waals surface area contributed by atoms with E-state index in [1.807, 2.05) is 13.0 Å². The van der Waals surface area contributed by atoms with Crippen LogP contribution < -0.4 is 11.1 Å². The molecule has 266 valence electrons. The molecule has 0 aliphatic heterocycles. The van der Waals surface area contributed by atoms with Crippen LogP contribution in [0.4, 0.5) is 0 Å². The van der Waals surface area contributed by atoms with Crippen LogP contribution in [0, 0.1) is 34.0 Å². The number of hydrogen-bond acceptors (Lipinski definition) is 10. The van der Waals surface area contributed by atoms with Crippen molar-refractivity contribution in [2.45, 2.75) is 145 Å². The lowest BCUT2D eigenvalue weighted by molar-refractivity contribution is -0.205. The van der Waals surface area contributed by atoms with Crippen LogP contribution in [0.2, 0.25) is 0 Å². The van der Waals surface area contributed by atoms with Crippen molar-refractivity contribution in [2.75, 3.05) is 11.5 Å². The lowest BCUT2D eigenvalue weighted by Gasteiger charge is -2.61. The molecule has 5 rings (SSSR count). The number of carbonyl (C=O) groups excluding carboxylic acids is 3. The van der Waals surface area contributed by atoms with Crippen LogP contribution >= 0.6 is 23.5 Å². The molecule has 6 N–H and O–H groups in total. The Labute approximate surface area is 289 Å². The van der Waals surface area contributed by atoms with E-state index in [0.29, 0.717) is 38.5 Å². The molecule has 0 aromatic rings. The van der Waals surface area contributed by atoms with E-state index in [1.54, 1.807) is 0 Å². The molecule has 5 saturated carbocycles. The first-order chi connectivity index (χ1) is 22.1. The van der Waals surface area contributed by atoms with E-state index in [0.717, 1.165) is 32.1 Å². The molecular weight excluding hydrogens is 637 g/mol. The van der Waals surface area contributed by atoms with Crippen LogP contribution in [0.1, 0.15) is 98.3 Å². The highest BCUT2D eigenvalue weighted by Crippen LogP contribution is 2.68. The summed E-state index contributed by atoms with van der Waals surface area (Å²) < 4.78 is 6.37. The van der Waals surface area contributed by atoms with Gasteiger partial charge in [0.05, 0.1) is 29.8 Å². The van der Waals surface area contributed by atoms with E-state index in [9.17, 15) is 29.7 Å². The lowest BCUT2D eigenvalue weighted by atomic mass is 9.44. The third kappa shape index (κ3) is 7.23. The van der Waals surface area contributed by atoms with E-state index >= 15 is 0 Å². The molecule has 1 amide bonds. The Balaban J connectivity index is 1.17. The molecule has 5 fully saturated rings. The second-order valence-corrected chi connectivity index (χ2v) is 18.5. The maximum Gasteiger partial charge on any atom is 0.316 e. The topological polar surface area (TPSA) is 159 Å². The fraction of sp³-hybridized carbons (Fsp3) is 0.861. The number of aliphatic hydroxyl groups excluding tert-OH is 3. The van der Waals surface area contributed by atoms with Crippen LogP contribution in [0.15, 0.2) is 12.7 Å². The third-order valence-electron chi connectivity index (χ3n) is 13.3. The Bertz CT molecular complexity index is 1190. The molecule has 0 aromatic carbocycles. The predicted molar refractivity (Wildman–Crippen MR) is 187 cm³/mol. The molecular formula is C36H58N2O7S2. The Morgan fingerprint density at radius 3 is 2.32 bits per heavy atom. The Kier molecular flexibility index (Phi) is 11.6. The number of hydrogen-bond donors (Lipinski definition) is 5. The summed E-state index contributed by atoms with van der Waals surface area (Å²) in [6.45, 7) is 12.5. The average molecular weight is 695 g/mol. The molecule has 5 aliphatic rings. The quantitative estimate of drug-likeness (QED) is 0.177. The fourth-order valence-electron chi connectivity index (χ4n) is 10.1. The third-order valence-corrected chi connectivity index (χ3v) is 16.1. The zero-order valence-corrected chi connectivity index (χ0v) is 30.3. The van der Waals surface area contributed by atoms with Gasteiger partial charge in [0, 0.05) is 45.8 Å². The van der Waals surface area contributed by atoms with Gasteiger partial charge in [0.15, 0.2) is 0 Å². The first-order valence-corrected chi connectivity index (χ1v) is 19.9. The Morgan fingerprint density at radius 1 is 1.00 bits per heavy atom. The van der Waals surface area contributed by atoms with Gasteiger partial charge in [0.2, 0.25) is 5.91 Å². The molecule has 0 aromatic heterocycles. The van der Waals surface area contributed by atoms with E-state index in [-0.39, 0.29) is 74.9 Å². The van der Waals surface area contributed by atoms with Gasteiger partial charge >= 0.3 is 5.97 Å². The molecule has 0 heterocycles. The van der Waals surface area contributed by atoms with Crippen molar-refractivity contribution in [1.82, 2.24) is 5.32 Å². The molecule has 5 aliphatic carbocycles. The minimum absolute atomic E-state index is 0.0183. The van der Waals surface area contributed by atoms with Gasteiger partial charge in [-0.05, 0) is 81.5 Å². The Hall–Kier alpha value is -1.11. The number of amides is 1. The average Bonchev–Trinajstić information content (AvgIpc) is 3.38. The summed E-state index contributed by atoms with van der Waals surface area (Å²) in [5, 5.41) is 35.9. The van der Waals surface area contributed by atoms with Crippen LogP contribution in [0.5, 0.6) is 0 Å². The number of ketones is 1. The molecule has 9 nitrogen and oxygen atoms in total. The zero-order chi connectivity index (χ0) is 34.3. The van der Waals surface area contributed by atoms with Gasteiger partial charge in [-0.25, -0.2) is 0 Å². The van der Waals surface area contributed by atoms with E-state index in [4.69, 9.17) is 10.5 Å². The maximum absolute atomic E-state index is 13.6. The van der Waals surface area contributed by atoms with Crippen molar-refractivity contribution in [2.24, 2.45) is 39.7 Å². The molecule has 11 heteroatoms. The zero-order valence-electron chi connectivity index (χ0n) is 28.7. The van der Waals surface area contributed by atoms with Gasteiger partial charge in [0.25, 0.3) is 0 Å². The van der Waals surface area contributed by atoms with Crippen LogP contribution in [0.3, 0.4) is 0 Å². The van der Waals surface area contributed by atoms with Crippen molar-refractivity contribution in [1.29, 1.82) is 0 Å². The number of aliphatic hydroxyl groups is 3. The van der Waals surface area contributed by atoms with Crippen molar-refractivity contribution in [3.05, 3.63) is 12.7 Å². The molecule has 14 atom stereocenters. The molecule has 1 unspecified atom stereocenters. The number of ether oxygens (including phenoxy) is 1. The minimum Gasteiger partial charge on any atom is -0.461 e. The summed E-state index contributed by atoms with van der Waals surface area (Å²) >= 11 is 2.87. The van der Waals surface area contributed by atoms with Crippen molar-refractivity contribution < 1.29 is 34.4 Å². The smallest absolute Gasteiger partial charge is 0.316 e. The number of carbonyl (C=O) groups is 3. The summed E-state index contributed by atoms with van der Waals surface area (Å²) in [7, 11) is 0. The van der Waals surface area contributed by atoms with Gasteiger partial charge in [0.1, 0.15) is 11.9 Å². The first kappa shape index (κ1) is 37.2. The lowest BCUT2D eigenvalue weighted by Crippen LogP contribution is -2.63. The second-order valence-electron chi connectivity index (χ2n) is 16.0. The second kappa shape index (κ2) is 14.6. The van der Waals surface area contributed by atoms with Gasteiger partial charge < -0.3 is 31.1 Å². The SMILES string of the molecule is C=C[C@]1(C)C[C@@H](OC(=O)CS[C@@H]2CC[C@@H](NC(=O)CS[C@@H]3CC[C@@H](N)C[C@H]3O)C[C@H]2O)[C@]2(C)C(C)CC[C@]3(CCC(=O)[C@H]32)[C@@H](C)[C@@H]1O. The van der Waals surface area contributed by atoms with E-state index in [1.165, 1.54) is 23.5 Å². The number of nitrogens with two attached hydrogens (primary N) is 1. The highest BCUT2D eigenvalue weighted by atomic mass is 32.2. The highest BCUT2D eigenvalue weighted by Gasteiger charge is 2.68. The monoisotopic (exact) mass is 694 g/mol. The van der Waals surface area contributed by atoms with Crippen molar-refractivity contribution in [3.63, 3.8) is 0 Å².